The molecule has 0 fully saturated rings. The molecule has 0 saturated carbocycles. The molecule has 1 heterocycles. The Morgan fingerprint density at radius 3 is 2.48 bits per heavy atom. The molecule has 0 amide bonds. The normalized spacial score (nSPS) is 11.0. The molecule has 0 radical (unpaired) electrons. The Morgan fingerprint density at radius 1 is 0.862 bits per heavy atom. The molecule has 1 aromatic heterocycles. The molecule has 148 valence electrons. The van der Waals surface area contributed by atoms with Gasteiger partial charge < -0.3 is 14.0 Å². The minimum atomic E-state index is 0.680. The van der Waals surface area contributed by atoms with E-state index in [2.05, 4.69) is 54.0 Å². The predicted octanol–water partition coefficient (Wildman–Crippen LogP) is 5.88. The van der Waals surface area contributed by atoms with Gasteiger partial charge in [0, 0.05) is 18.2 Å². The quantitative estimate of drug-likeness (QED) is 0.355. The van der Waals surface area contributed by atoms with Crippen molar-refractivity contribution in [2.45, 2.75) is 26.3 Å². The molecule has 29 heavy (non-hydrogen) atoms. The number of aryl methyl sites for hydroxylation is 2. The van der Waals surface area contributed by atoms with Crippen LogP contribution in [0.4, 0.5) is 0 Å². The first-order valence-electron chi connectivity index (χ1n) is 10.0. The van der Waals surface area contributed by atoms with Crippen LogP contribution in [0.1, 0.15) is 18.4 Å². The first kappa shape index (κ1) is 19.1. The monoisotopic (exact) mass is 386 g/mol. The van der Waals surface area contributed by atoms with Crippen molar-refractivity contribution in [2.24, 2.45) is 0 Å². The topological polar surface area (TPSA) is 36.3 Å². The predicted molar refractivity (Wildman–Crippen MR) is 118 cm³/mol. The van der Waals surface area contributed by atoms with E-state index in [0.717, 1.165) is 47.8 Å². The molecule has 0 bridgehead atoms. The lowest BCUT2D eigenvalue weighted by atomic mass is 10.1. The SMILES string of the molecule is COc1cccc(OCCCCn2c(-c3ccc(C)cc3)nc3ccccc32)c1. The van der Waals surface area contributed by atoms with Crippen LogP contribution in [0.25, 0.3) is 22.4 Å². The van der Waals surface area contributed by atoms with Crippen LogP contribution < -0.4 is 9.47 Å². The van der Waals surface area contributed by atoms with Crippen molar-refractivity contribution in [2.75, 3.05) is 13.7 Å². The first-order chi connectivity index (χ1) is 14.2. The van der Waals surface area contributed by atoms with E-state index >= 15 is 0 Å². The molecule has 4 rings (SSSR count). The van der Waals surface area contributed by atoms with Gasteiger partial charge >= 0.3 is 0 Å². The number of aromatic nitrogens is 2. The minimum Gasteiger partial charge on any atom is -0.497 e. The van der Waals surface area contributed by atoms with Gasteiger partial charge in [-0.1, -0.05) is 48.0 Å². The van der Waals surface area contributed by atoms with Crippen LogP contribution >= 0.6 is 0 Å². The summed E-state index contributed by atoms with van der Waals surface area (Å²) < 4.78 is 13.4. The summed E-state index contributed by atoms with van der Waals surface area (Å²) in [4.78, 5) is 4.90. The third-order valence-electron chi connectivity index (χ3n) is 5.05. The lowest BCUT2D eigenvalue weighted by Crippen LogP contribution is -2.04. The molecule has 0 N–H and O–H groups in total. The van der Waals surface area contributed by atoms with E-state index in [-0.39, 0.29) is 0 Å². The van der Waals surface area contributed by atoms with Crippen LogP contribution in [0.15, 0.2) is 72.8 Å². The highest BCUT2D eigenvalue weighted by molar-refractivity contribution is 5.80. The number of imidazole rings is 1. The molecule has 0 aliphatic carbocycles. The van der Waals surface area contributed by atoms with Gasteiger partial charge in [-0.25, -0.2) is 4.98 Å². The summed E-state index contributed by atoms with van der Waals surface area (Å²) in [6.07, 6.45) is 1.99. The number of nitrogens with zero attached hydrogens (tertiary/aromatic N) is 2. The van der Waals surface area contributed by atoms with Crippen molar-refractivity contribution in [3.05, 3.63) is 78.4 Å². The fourth-order valence-electron chi connectivity index (χ4n) is 3.48. The fourth-order valence-corrected chi connectivity index (χ4v) is 3.48. The van der Waals surface area contributed by atoms with E-state index in [4.69, 9.17) is 14.5 Å². The Balaban J connectivity index is 1.44. The molecule has 0 unspecified atom stereocenters. The van der Waals surface area contributed by atoms with Gasteiger partial charge in [0.2, 0.25) is 0 Å². The number of unbranched alkanes of at least 4 members (excludes halogenated alkanes) is 1. The number of rotatable bonds is 8. The highest BCUT2D eigenvalue weighted by Gasteiger charge is 2.12. The molecule has 4 nitrogen and oxygen atoms in total. The Morgan fingerprint density at radius 2 is 1.66 bits per heavy atom. The third-order valence-corrected chi connectivity index (χ3v) is 5.05. The maximum atomic E-state index is 5.88. The maximum absolute atomic E-state index is 5.88. The van der Waals surface area contributed by atoms with Gasteiger partial charge in [-0.2, -0.15) is 0 Å². The zero-order chi connectivity index (χ0) is 20.1. The smallest absolute Gasteiger partial charge is 0.141 e. The summed E-state index contributed by atoms with van der Waals surface area (Å²) in [6, 6.07) is 24.7. The fraction of sp³-hybridized carbons (Fsp3) is 0.240. The van der Waals surface area contributed by atoms with Crippen molar-refractivity contribution in [1.82, 2.24) is 9.55 Å². The van der Waals surface area contributed by atoms with Gasteiger partial charge in [0.1, 0.15) is 17.3 Å². The summed E-state index contributed by atoms with van der Waals surface area (Å²) >= 11 is 0. The van der Waals surface area contributed by atoms with Crippen LogP contribution in [-0.4, -0.2) is 23.3 Å². The van der Waals surface area contributed by atoms with Crippen molar-refractivity contribution < 1.29 is 9.47 Å². The van der Waals surface area contributed by atoms with Crippen molar-refractivity contribution in [1.29, 1.82) is 0 Å². The molecule has 4 aromatic rings. The van der Waals surface area contributed by atoms with Gasteiger partial charge in [0.25, 0.3) is 0 Å². The van der Waals surface area contributed by atoms with E-state index in [1.54, 1.807) is 7.11 Å². The maximum Gasteiger partial charge on any atom is 0.141 e. The molecule has 3 aromatic carbocycles. The molecular formula is C25H26N2O2. The van der Waals surface area contributed by atoms with Crippen LogP contribution in [0.2, 0.25) is 0 Å². The van der Waals surface area contributed by atoms with E-state index in [9.17, 15) is 0 Å². The number of hydrogen-bond acceptors (Lipinski definition) is 3. The second-order valence-corrected chi connectivity index (χ2v) is 7.18. The lowest BCUT2D eigenvalue weighted by Gasteiger charge is -2.11. The largest absolute Gasteiger partial charge is 0.497 e. The third kappa shape index (κ3) is 4.43. The van der Waals surface area contributed by atoms with Crippen molar-refractivity contribution in [3.8, 4) is 22.9 Å². The number of benzene rings is 3. The van der Waals surface area contributed by atoms with Gasteiger partial charge in [-0.05, 0) is 44.0 Å². The number of hydrogen-bond donors (Lipinski definition) is 0. The Labute approximate surface area is 171 Å². The molecule has 0 saturated heterocycles. The number of para-hydroxylation sites is 2. The van der Waals surface area contributed by atoms with Gasteiger partial charge in [-0.3, -0.25) is 0 Å². The van der Waals surface area contributed by atoms with Crippen LogP contribution in [-0.2, 0) is 6.54 Å². The highest BCUT2D eigenvalue weighted by Crippen LogP contribution is 2.26. The van der Waals surface area contributed by atoms with Crippen LogP contribution in [0, 0.1) is 6.92 Å². The molecule has 4 heteroatoms. The highest BCUT2D eigenvalue weighted by atomic mass is 16.5. The number of fused-ring (bicyclic) bond motifs is 1. The molecule has 0 spiro atoms. The van der Waals surface area contributed by atoms with Gasteiger partial charge in [-0.15, -0.1) is 0 Å². The first-order valence-corrected chi connectivity index (χ1v) is 10.0. The van der Waals surface area contributed by atoms with E-state index in [0.29, 0.717) is 6.61 Å². The van der Waals surface area contributed by atoms with Crippen LogP contribution in [0.3, 0.4) is 0 Å². The van der Waals surface area contributed by atoms with Crippen LogP contribution in [0.5, 0.6) is 11.5 Å². The number of ether oxygens (including phenoxy) is 2. The Bertz CT molecular complexity index is 1080. The summed E-state index contributed by atoms with van der Waals surface area (Å²) in [5.41, 5.74) is 4.62. The van der Waals surface area contributed by atoms with Crippen molar-refractivity contribution >= 4 is 11.0 Å². The second kappa shape index (κ2) is 8.82. The Kier molecular flexibility index (Phi) is 5.80. The molecular weight excluding hydrogens is 360 g/mol. The van der Waals surface area contributed by atoms with Gasteiger partial charge in [0.05, 0.1) is 24.8 Å². The summed E-state index contributed by atoms with van der Waals surface area (Å²) in [7, 11) is 1.67. The second-order valence-electron chi connectivity index (χ2n) is 7.18. The van der Waals surface area contributed by atoms with Gasteiger partial charge in [0.15, 0.2) is 0 Å². The molecule has 0 aliphatic heterocycles. The minimum absolute atomic E-state index is 0.680. The summed E-state index contributed by atoms with van der Waals surface area (Å²) in [6.45, 7) is 3.69. The average Bonchev–Trinajstić information content (AvgIpc) is 3.13. The number of methoxy groups -OCH3 is 1. The molecule has 0 atom stereocenters. The zero-order valence-corrected chi connectivity index (χ0v) is 17.0. The summed E-state index contributed by atoms with van der Waals surface area (Å²) in [5, 5.41) is 0. The van der Waals surface area contributed by atoms with E-state index in [1.165, 1.54) is 11.1 Å². The standard InChI is InChI=1S/C25H26N2O2/c1-19-12-14-20(15-13-19)25-26-23-10-3-4-11-24(23)27(25)16-5-6-17-29-22-9-7-8-21(18-22)28-2/h3-4,7-15,18H,5-6,16-17H2,1-2H3. The van der Waals surface area contributed by atoms with E-state index in [1.807, 2.05) is 30.3 Å². The van der Waals surface area contributed by atoms with Crippen molar-refractivity contribution in [3.63, 3.8) is 0 Å². The summed E-state index contributed by atoms with van der Waals surface area (Å²) in [5.74, 6) is 2.69. The molecule has 0 aliphatic rings. The van der Waals surface area contributed by atoms with E-state index < -0.39 is 0 Å². The average molecular weight is 386 g/mol. The zero-order valence-electron chi connectivity index (χ0n) is 17.0. The Hall–Kier alpha value is -3.27. The lowest BCUT2D eigenvalue weighted by molar-refractivity contribution is 0.301.